The van der Waals surface area contributed by atoms with Crippen molar-refractivity contribution in [1.29, 1.82) is 0 Å². The second kappa shape index (κ2) is 6.73. The average molecular weight is 305 g/mol. The molecule has 0 unspecified atom stereocenters. The molecule has 21 heavy (non-hydrogen) atoms. The molecule has 7 heteroatoms. The Labute approximate surface area is 128 Å². The normalized spacial score (nSPS) is 11.4. The molecular formula is C14H19N5OS. The Morgan fingerprint density at radius 3 is 2.57 bits per heavy atom. The van der Waals surface area contributed by atoms with Crippen molar-refractivity contribution in [3.05, 3.63) is 30.6 Å². The largest absolute Gasteiger partial charge is 0.325 e. The van der Waals surface area contributed by atoms with Gasteiger partial charge in [-0.25, -0.2) is 4.98 Å². The predicted molar refractivity (Wildman–Crippen MR) is 83.3 cm³/mol. The lowest BCUT2D eigenvalue weighted by atomic mass is 10.1. The Hall–Kier alpha value is -1.86. The smallest absolute Gasteiger partial charge is 0.238 e. The highest BCUT2D eigenvalue weighted by molar-refractivity contribution is 7.99. The van der Waals surface area contributed by atoms with Crippen LogP contribution in [0.1, 0.15) is 20.8 Å². The molecule has 112 valence electrons. The van der Waals surface area contributed by atoms with E-state index in [0.717, 1.165) is 15.7 Å². The maximum atomic E-state index is 11.8. The van der Waals surface area contributed by atoms with E-state index in [1.54, 1.807) is 0 Å². The monoisotopic (exact) mass is 305 g/mol. The fourth-order valence-electron chi connectivity index (χ4n) is 1.51. The number of nitrogens with one attached hydrogen (secondary N) is 3. The summed E-state index contributed by atoms with van der Waals surface area (Å²) in [5.74, 6) is -0.0550. The molecule has 1 aromatic carbocycles. The van der Waals surface area contributed by atoms with Crippen LogP contribution in [0.25, 0.3) is 0 Å². The lowest BCUT2D eigenvalue weighted by Gasteiger charge is -2.20. The Balaban J connectivity index is 1.86. The molecule has 1 aromatic heterocycles. The fourth-order valence-corrected chi connectivity index (χ4v) is 2.21. The SMILES string of the molecule is CC(C)(C)NCC(=O)Nc1ccc(Sc2ncn[nH]2)cc1. The zero-order valence-electron chi connectivity index (χ0n) is 12.3. The number of hydrogen-bond acceptors (Lipinski definition) is 5. The van der Waals surface area contributed by atoms with E-state index in [1.165, 1.54) is 18.1 Å². The molecule has 2 aromatic rings. The molecule has 1 amide bonds. The van der Waals surface area contributed by atoms with E-state index in [-0.39, 0.29) is 18.0 Å². The Kier molecular flexibility index (Phi) is 4.98. The van der Waals surface area contributed by atoms with Crippen molar-refractivity contribution in [2.45, 2.75) is 36.4 Å². The van der Waals surface area contributed by atoms with Gasteiger partial charge in [0, 0.05) is 16.1 Å². The number of aromatic amines is 1. The molecular weight excluding hydrogens is 286 g/mol. The van der Waals surface area contributed by atoms with E-state index < -0.39 is 0 Å². The van der Waals surface area contributed by atoms with Crippen molar-refractivity contribution >= 4 is 23.4 Å². The fraction of sp³-hybridized carbons (Fsp3) is 0.357. The van der Waals surface area contributed by atoms with Crippen molar-refractivity contribution in [1.82, 2.24) is 20.5 Å². The van der Waals surface area contributed by atoms with Crippen LogP contribution in [-0.4, -0.2) is 33.2 Å². The van der Waals surface area contributed by atoms with Crippen molar-refractivity contribution in [3.63, 3.8) is 0 Å². The number of H-pyrrole nitrogens is 1. The van der Waals surface area contributed by atoms with Crippen molar-refractivity contribution < 1.29 is 4.79 Å². The first-order valence-corrected chi connectivity index (χ1v) is 7.42. The summed E-state index contributed by atoms with van der Waals surface area (Å²) in [5, 5.41) is 13.3. The van der Waals surface area contributed by atoms with E-state index >= 15 is 0 Å². The zero-order valence-corrected chi connectivity index (χ0v) is 13.1. The molecule has 0 fully saturated rings. The molecule has 0 saturated heterocycles. The van der Waals surface area contributed by atoms with Gasteiger partial charge in [0.15, 0.2) is 5.16 Å². The Bertz CT molecular complexity index is 574. The lowest BCUT2D eigenvalue weighted by Crippen LogP contribution is -2.41. The van der Waals surface area contributed by atoms with Crippen LogP contribution >= 0.6 is 11.8 Å². The summed E-state index contributed by atoms with van der Waals surface area (Å²) in [6.07, 6.45) is 1.47. The number of hydrogen-bond donors (Lipinski definition) is 3. The summed E-state index contributed by atoms with van der Waals surface area (Å²) in [6, 6.07) is 7.60. The van der Waals surface area contributed by atoms with Crippen LogP contribution in [-0.2, 0) is 4.79 Å². The number of carbonyl (C=O) groups excluding carboxylic acids is 1. The molecule has 0 bridgehead atoms. The number of benzene rings is 1. The minimum Gasteiger partial charge on any atom is -0.325 e. The summed E-state index contributed by atoms with van der Waals surface area (Å²) in [7, 11) is 0. The second-order valence-corrected chi connectivity index (χ2v) is 6.63. The number of carbonyl (C=O) groups is 1. The molecule has 6 nitrogen and oxygen atoms in total. The molecule has 0 saturated carbocycles. The first kappa shape index (κ1) is 15.5. The van der Waals surface area contributed by atoms with Gasteiger partial charge < -0.3 is 10.6 Å². The average Bonchev–Trinajstić information content (AvgIpc) is 2.91. The molecule has 0 aliphatic rings. The summed E-state index contributed by atoms with van der Waals surface area (Å²) in [6.45, 7) is 6.36. The molecule has 0 aliphatic heterocycles. The van der Waals surface area contributed by atoms with Gasteiger partial charge >= 0.3 is 0 Å². The first-order chi connectivity index (χ1) is 9.92. The highest BCUT2D eigenvalue weighted by Crippen LogP contribution is 2.25. The van der Waals surface area contributed by atoms with Gasteiger partial charge in [-0.15, -0.1) is 0 Å². The molecule has 0 radical (unpaired) electrons. The van der Waals surface area contributed by atoms with Gasteiger partial charge in [-0.05, 0) is 45.0 Å². The Morgan fingerprint density at radius 2 is 2.00 bits per heavy atom. The summed E-state index contributed by atoms with van der Waals surface area (Å²) >= 11 is 1.48. The van der Waals surface area contributed by atoms with Gasteiger partial charge in [-0.2, -0.15) is 5.10 Å². The molecule has 1 heterocycles. The van der Waals surface area contributed by atoms with E-state index in [2.05, 4.69) is 25.8 Å². The predicted octanol–water partition coefficient (Wildman–Crippen LogP) is 2.28. The zero-order chi connectivity index (χ0) is 15.3. The highest BCUT2D eigenvalue weighted by atomic mass is 32.2. The maximum Gasteiger partial charge on any atom is 0.238 e. The number of anilines is 1. The van der Waals surface area contributed by atoms with Crippen molar-refractivity contribution in [2.75, 3.05) is 11.9 Å². The molecule has 2 rings (SSSR count). The summed E-state index contributed by atoms with van der Waals surface area (Å²) in [5.41, 5.74) is 0.701. The topological polar surface area (TPSA) is 82.7 Å². The molecule has 0 atom stereocenters. The molecule has 3 N–H and O–H groups in total. The molecule has 0 aliphatic carbocycles. The van der Waals surface area contributed by atoms with Crippen LogP contribution in [0.4, 0.5) is 5.69 Å². The van der Waals surface area contributed by atoms with E-state index in [1.807, 2.05) is 45.0 Å². The third-order valence-corrected chi connectivity index (χ3v) is 3.42. The third-order valence-electron chi connectivity index (χ3n) is 2.52. The Morgan fingerprint density at radius 1 is 1.29 bits per heavy atom. The minimum atomic E-state index is -0.0745. The van der Waals surface area contributed by atoms with Gasteiger partial charge in [0.1, 0.15) is 6.33 Å². The lowest BCUT2D eigenvalue weighted by molar-refractivity contribution is -0.115. The van der Waals surface area contributed by atoms with Crippen LogP contribution in [0.15, 0.2) is 40.6 Å². The van der Waals surface area contributed by atoms with Gasteiger partial charge in [0.25, 0.3) is 0 Å². The highest BCUT2D eigenvalue weighted by Gasteiger charge is 2.11. The number of nitrogens with zero attached hydrogens (tertiary/aromatic N) is 2. The van der Waals surface area contributed by atoms with E-state index in [9.17, 15) is 4.79 Å². The van der Waals surface area contributed by atoms with Crippen LogP contribution in [0.5, 0.6) is 0 Å². The quantitative estimate of drug-likeness (QED) is 0.789. The van der Waals surface area contributed by atoms with E-state index in [4.69, 9.17) is 0 Å². The number of aromatic nitrogens is 3. The maximum absolute atomic E-state index is 11.8. The number of amides is 1. The van der Waals surface area contributed by atoms with Crippen LogP contribution in [0, 0.1) is 0 Å². The first-order valence-electron chi connectivity index (χ1n) is 6.60. The van der Waals surface area contributed by atoms with Gasteiger partial charge in [-0.3, -0.25) is 9.89 Å². The van der Waals surface area contributed by atoms with Crippen molar-refractivity contribution in [3.8, 4) is 0 Å². The van der Waals surface area contributed by atoms with Crippen molar-refractivity contribution in [2.24, 2.45) is 0 Å². The third kappa shape index (κ3) is 5.57. The van der Waals surface area contributed by atoms with Gasteiger partial charge in [-0.1, -0.05) is 11.8 Å². The summed E-state index contributed by atoms with van der Waals surface area (Å²) < 4.78 is 0. The summed E-state index contributed by atoms with van der Waals surface area (Å²) in [4.78, 5) is 16.9. The second-order valence-electron chi connectivity index (χ2n) is 5.57. The molecule has 0 spiro atoms. The van der Waals surface area contributed by atoms with Crippen LogP contribution in [0.2, 0.25) is 0 Å². The minimum absolute atomic E-state index is 0.0550. The van der Waals surface area contributed by atoms with Crippen LogP contribution in [0.3, 0.4) is 0 Å². The van der Waals surface area contributed by atoms with E-state index in [0.29, 0.717) is 0 Å². The standard InChI is InChI=1S/C14H19N5OS/c1-14(2,3)16-8-12(20)18-10-4-6-11(7-5-10)21-13-15-9-17-19-13/h4-7,9,16H,8H2,1-3H3,(H,18,20)(H,15,17,19). The van der Waals surface area contributed by atoms with Crippen LogP contribution < -0.4 is 10.6 Å². The van der Waals surface area contributed by atoms with Gasteiger partial charge in [0.05, 0.1) is 6.54 Å². The van der Waals surface area contributed by atoms with Gasteiger partial charge in [0.2, 0.25) is 5.91 Å². The number of rotatable bonds is 5.